The summed E-state index contributed by atoms with van der Waals surface area (Å²) in [4.78, 5) is 14.4. The Hall–Kier alpha value is -5.32. The van der Waals surface area contributed by atoms with Crippen molar-refractivity contribution in [3.8, 4) is 23.0 Å². The Bertz CT molecular complexity index is 2560. The summed E-state index contributed by atoms with van der Waals surface area (Å²) in [7, 11) is -17.8. The van der Waals surface area contributed by atoms with Gasteiger partial charge in [-0.05, 0) is 46.2 Å². The van der Waals surface area contributed by atoms with Gasteiger partial charge >= 0.3 is 0 Å². The van der Waals surface area contributed by atoms with Crippen LogP contribution < -0.4 is 18.9 Å². The molecule has 22 heteroatoms. The van der Waals surface area contributed by atoms with Crippen molar-refractivity contribution in [3.05, 3.63) is 79.9 Å². The number of hydrogen-bond donors (Lipinski definition) is 0. The highest BCUT2D eigenvalue weighted by Gasteiger charge is 2.43. The molecule has 1 aliphatic heterocycles. The fourth-order valence-electron chi connectivity index (χ4n) is 6.23. The van der Waals surface area contributed by atoms with Gasteiger partial charge in [-0.3, -0.25) is 20.2 Å². The van der Waals surface area contributed by atoms with E-state index < -0.39 is 134 Å². The molecule has 0 aromatic heterocycles. The van der Waals surface area contributed by atoms with Gasteiger partial charge in [0.1, 0.15) is 39.2 Å². The lowest BCUT2D eigenvalue weighted by atomic mass is 9.87. The fourth-order valence-corrected chi connectivity index (χ4v) is 13.2. The van der Waals surface area contributed by atoms with E-state index in [-0.39, 0.29) is 11.1 Å². The molecule has 0 aliphatic carbocycles. The van der Waals surface area contributed by atoms with Crippen molar-refractivity contribution < 1.29 is 62.5 Å². The van der Waals surface area contributed by atoms with E-state index in [4.69, 9.17) is 18.9 Å². The first kappa shape index (κ1) is 43.8. The maximum absolute atomic E-state index is 15.0. The average Bonchev–Trinajstić information content (AvgIpc) is 3.14. The Morgan fingerprint density at radius 2 is 0.569 bits per heavy atom. The largest absolute Gasteiger partial charge is 0.494 e. The summed E-state index contributed by atoms with van der Waals surface area (Å²) in [6, 6.07) is 6.14. The summed E-state index contributed by atoms with van der Waals surface area (Å²) in [6.45, 7) is 9.49. The molecule has 0 fully saturated rings. The molecular weight excluding hydrogens is 845 g/mol. The third-order valence-electron chi connectivity index (χ3n) is 9.34. The van der Waals surface area contributed by atoms with Gasteiger partial charge < -0.3 is 18.9 Å². The molecule has 58 heavy (non-hydrogen) atoms. The van der Waals surface area contributed by atoms with Gasteiger partial charge in [0.05, 0.1) is 38.3 Å². The normalized spacial score (nSPS) is 16.4. The van der Waals surface area contributed by atoms with Crippen LogP contribution >= 0.6 is 0 Å². The fraction of sp³-hybridized carbons (Fsp3) is 0.333. The summed E-state index contributed by atoms with van der Waals surface area (Å²) in [5, 5.41) is 24.8. The van der Waals surface area contributed by atoms with Crippen LogP contribution in [-0.2, 0) is 50.2 Å². The number of nitrogens with zero attached hydrogens (tertiary/aromatic N) is 2. The molecule has 1 heterocycles. The van der Waals surface area contributed by atoms with Crippen LogP contribution in [0.5, 0.6) is 23.0 Å². The molecule has 8 bridgehead atoms. The van der Waals surface area contributed by atoms with Crippen LogP contribution in [0.3, 0.4) is 0 Å². The summed E-state index contributed by atoms with van der Waals surface area (Å²) in [5.41, 5.74) is -4.29. The molecule has 0 N–H and O–H groups in total. The second kappa shape index (κ2) is 14.2. The van der Waals surface area contributed by atoms with Gasteiger partial charge in [-0.25, -0.2) is 33.7 Å². The number of nitro benzene ring substituents is 2. The Kier molecular flexibility index (Phi) is 10.7. The summed E-state index contributed by atoms with van der Waals surface area (Å²) < 4.78 is 142. The van der Waals surface area contributed by atoms with Crippen molar-refractivity contribution in [1.82, 2.24) is 0 Å². The number of ether oxygens (including phenoxy) is 4. The topological polar surface area (TPSA) is 260 Å². The lowest BCUT2D eigenvalue weighted by Gasteiger charge is -2.25. The minimum absolute atomic E-state index is 0.00419. The molecule has 5 rings (SSSR count). The van der Waals surface area contributed by atoms with Crippen LogP contribution in [0.25, 0.3) is 0 Å². The van der Waals surface area contributed by atoms with Gasteiger partial charge in [0.2, 0.25) is 39.3 Å². The van der Waals surface area contributed by atoms with Crippen molar-refractivity contribution in [1.29, 1.82) is 0 Å². The highest BCUT2D eigenvalue weighted by Crippen LogP contribution is 2.51. The lowest BCUT2D eigenvalue weighted by molar-refractivity contribution is -0.385. The molecule has 0 amide bonds. The number of fused-ring (bicyclic) bond motifs is 8. The van der Waals surface area contributed by atoms with E-state index in [1.165, 1.54) is 0 Å². The minimum atomic E-state index is -5.34. The number of benzene rings is 4. The summed E-state index contributed by atoms with van der Waals surface area (Å²) >= 11 is 0. The predicted octanol–water partition coefficient (Wildman–Crippen LogP) is 5.78. The van der Waals surface area contributed by atoms with E-state index in [0.29, 0.717) is 24.3 Å². The van der Waals surface area contributed by atoms with E-state index in [1.807, 2.05) is 0 Å². The molecule has 0 spiro atoms. The van der Waals surface area contributed by atoms with Gasteiger partial charge in [-0.1, -0.05) is 41.5 Å². The molecule has 312 valence electrons. The molecule has 18 nitrogen and oxygen atoms in total. The first-order valence-corrected chi connectivity index (χ1v) is 22.6. The van der Waals surface area contributed by atoms with Crippen LogP contribution in [0.4, 0.5) is 11.4 Å². The van der Waals surface area contributed by atoms with E-state index >= 15 is 33.7 Å². The molecule has 1 aliphatic rings. The zero-order chi connectivity index (χ0) is 43.9. The SMILES string of the molecule is COc1c2cc([N+](=O)[O-])cc1S(=O)(=O)c1cc(C(C)(C)C)cc(c1OC)S(=O)(=O)c1cc([N+](=O)[O-])cc(c1OC)S(=O)(=O)c1cc(C(C)(C)C)cc(c1OC)S2(=O)=O. The highest BCUT2D eigenvalue weighted by atomic mass is 32.2. The number of hydrogen-bond acceptors (Lipinski definition) is 16. The Morgan fingerprint density at radius 3 is 0.707 bits per heavy atom. The number of non-ortho nitro benzene ring substituents is 2. The Morgan fingerprint density at radius 1 is 0.397 bits per heavy atom. The average molecular weight is 883 g/mol. The maximum Gasteiger partial charge on any atom is 0.272 e. The van der Waals surface area contributed by atoms with E-state index in [2.05, 4.69) is 0 Å². The predicted molar refractivity (Wildman–Crippen MR) is 204 cm³/mol. The van der Waals surface area contributed by atoms with Crippen molar-refractivity contribution in [2.75, 3.05) is 28.4 Å². The summed E-state index contributed by atoms with van der Waals surface area (Å²) in [6.07, 6.45) is 0. The number of rotatable bonds is 6. The first-order chi connectivity index (χ1) is 26.5. The monoisotopic (exact) mass is 882 g/mol. The van der Waals surface area contributed by atoms with Crippen molar-refractivity contribution in [2.24, 2.45) is 0 Å². The van der Waals surface area contributed by atoms with Crippen molar-refractivity contribution >= 4 is 50.7 Å². The lowest BCUT2D eigenvalue weighted by Crippen LogP contribution is -2.20. The van der Waals surface area contributed by atoms with Gasteiger partial charge in [-0.15, -0.1) is 0 Å². The van der Waals surface area contributed by atoms with Crippen LogP contribution in [-0.4, -0.2) is 72.0 Å². The maximum atomic E-state index is 15.0. The van der Waals surface area contributed by atoms with Gasteiger partial charge in [0.25, 0.3) is 11.4 Å². The van der Waals surface area contributed by atoms with Crippen molar-refractivity contribution in [2.45, 2.75) is 91.5 Å². The molecule has 4 aromatic rings. The van der Waals surface area contributed by atoms with Crippen LogP contribution in [0, 0.1) is 20.2 Å². The third kappa shape index (κ3) is 6.90. The minimum Gasteiger partial charge on any atom is -0.494 e. The molecule has 0 radical (unpaired) electrons. The Labute approximate surface area is 334 Å². The molecule has 4 aromatic carbocycles. The second-order valence-corrected chi connectivity index (χ2v) is 22.5. The highest BCUT2D eigenvalue weighted by molar-refractivity contribution is 7.94. The molecular formula is C36H38N2O16S4. The molecule has 0 atom stereocenters. The smallest absolute Gasteiger partial charge is 0.272 e. The van der Waals surface area contributed by atoms with E-state index in [1.54, 1.807) is 41.5 Å². The standard InChI is InChI=1S/C36H38N2O16S4/c1-35(2,3)19-11-23-31(51-7)24(12-19)56(45,46)28-16-22(38(41)42)18-30(34(28)54-10)58(49,50)26-14-20(36(4,5)6)13-25(32(26)52-8)57(47,48)29-17-21(37(39)40)15-27(33(29)53-9)55(23,43)44/h11-18H,1-10H3. The van der Waals surface area contributed by atoms with Gasteiger partial charge in [0, 0.05) is 24.3 Å². The quantitative estimate of drug-likeness (QED) is 0.145. The summed E-state index contributed by atoms with van der Waals surface area (Å²) in [5.74, 6) is -3.75. The first-order valence-electron chi connectivity index (χ1n) is 16.7. The van der Waals surface area contributed by atoms with Crippen LogP contribution in [0.1, 0.15) is 52.7 Å². The van der Waals surface area contributed by atoms with Gasteiger partial charge in [0.15, 0.2) is 23.0 Å². The third-order valence-corrected chi connectivity index (χ3v) is 16.4. The zero-order valence-corrected chi connectivity index (χ0v) is 35.9. The van der Waals surface area contributed by atoms with E-state index in [0.717, 1.165) is 52.7 Å². The number of methoxy groups -OCH3 is 4. The van der Waals surface area contributed by atoms with E-state index in [9.17, 15) is 20.2 Å². The van der Waals surface area contributed by atoms with Gasteiger partial charge in [-0.2, -0.15) is 0 Å². The Balaban J connectivity index is 2.27. The number of nitro groups is 2. The molecule has 0 saturated carbocycles. The van der Waals surface area contributed by atoms with Crippen LogP contribution in [0.15, 0.2) is 87.7 Å². The van der Waals surface area contributed by atoms with Crippen molar-refractivity contribution in [3.63, 3.8) is 0 Å². The molecule has 0 saturated heterocycles. The van der Waals surface area contributed by atoms with Crippen LogP contribution in [0.2, 0.25) is 0 Å². The zero-order valence-electron chi connectivity index (χ0n) is 32.7. The number of sulfone groups is 4. The second-order valence-electron chi connectivity index (χ2n) is 15.0. The molecule has 0 unspecified atom stereocenters.